The van der Waals surface area contributed by atoms with Crippen LogP contribution in [-0.2, 0) is 22.6 Å². The maximum Gasteiger partial charge on any atom is 0.261 e. The van der Waals surface area contributed by atoms with E-state index >= 15 is 0 Å². The van der Waals surface area contributed by atoms with Crippen LogP contribution < -0.4 is 10.1 Å². The van der Waals surface area contributed by atoms with Gasteiger partial charge in [-0.25, -0.2) is 0 Å². The van der Waals surface area contributed by atoms with Gasteiger partial charge in [0, 0.05) is 24.0 Å². The summed E-state index contributed by atoms with van der Waals surface area (Å²) in [7, 11) is 0. The molecular formula is C32H37ClN2O3. The van der Waals surface area contributed by atoms with Crippen LogP contribution in [-0.4, -0.2) is 35.4 Å². The Bertz CT molecular complexity index is 1250. The van der Waals surface area contributed by atoms with Crippen LogP contribution in [0.4, 0.5) is 0 Å². The first-order valence-electron chi connectivity index (χ1n) is 13.4. The van der Waals surface area contributed by atoms with Crippen molar-refractivity contribution in [1.29, 1.82) is 0 Å². The summed E-state index contributed by atoms with van der Waals surface area (Å²) in [4.78, 5) is 29.3. The van der Waals surface area contributed by atoms with Crippen LogP contribution in [0, 0.1) is 20.8 Å². The Balaban J connectivity index is 1.63. The largest absolute Gasteiger partial charge is 0.483 e. The molecule has 0 bridgehead atoms. The van der Waals surface area contributed by atoms with Crippen molar-refractivity contribution in [2.45, 2.75) is 71.5 Å². The predicted octanol–water partition coefficient (Wildman–Crippen LogP) is 6.34. The van der Waals surface area contributed by atoms with Gasteiger partial charge in [0.15, 0.2) is 6.61 Å². The summed E-state index contributed by atoms with van der Waals surface area (Å²) in [6.45, 7) is 6.13. The second-order valence-corrected chi connectivity index (χ2v) is 10.8. The molecule has 6 heteroatoms. The summed E-state index contributed by atoms with van der Waals surface area (Å²) < 4.78 is 6.07. The Hall–Kier alpha value is -3.31. The molecule has 0 unspecified atom stereocenters. The van der Waals surface area contributed by atoms with Crippen molar-refractivity contribution in [3.05, 3.63) is 99.6 Å². The molecule has 1 fully saturated rings. The second kappa shape index (κ2) is 13.0. The monoisotopic (exact) mass is 532 g/mol. The fourth-order valence-electron chi connectivity index (χ4n) is 5.13. The Morgan fingerprint density at radius 3 is 2.39 bits per heavy atom. The van der Waals surface area contributed by atoms with E-state index in [-0.39, 0.29) is 31.0 Å². The van der Waals surface area contributed by atoms with E-state index in [2.05, 4.69) is 11.4 Å². The third-order valence-electron chi connectivity index (χ3n) is 7.33. The van der Waals surface area contributed by atoms with Crippen LogP contribution in [0.3, 0.4) is 0 Å². The van der Waals surface area contributed by atoms with Crippen molar-refractivity contribution in [3.63, 3.8) is 0 Å². The molecule has 1 aliphatic rings. The zero-order valence-corrected chi connectivity index (χ0v) is 23.3. The molecule has 1 N–H and O–H groups in total. The number of hydrogen-bond acceptors (Lipinski definition) is 3. The standard InChI is InChI=1S/C32H37ClN2O3/c1-22-16-23(2)24(3)30(17-22)38-21-31(36)35(20-26-12-9-13-27(33)18-26)29(19-25-10-5-4-6-11-25)32(37)34-28-14-7-8-15-28/h4-6,9-13,16-18,28-29H,7-8,14-15,19-21H2,1-3H3,(H,34,37)/t29-/m1/s1. The molecule has 4 rings (SSSR count). The number of nitrogens with zero attached hydrogens (tertiary/aromatic N) is 1. The van der Waals surface area contributed by atoms with Gasteiger partial charge in [-0.15, -0.1) is 0 Å². The molecule has 0 saturated heterocycles. The zero-order valence-electron chi connectivity index (χ0n) is 22.5. The number of halogens is 1. The normalized spacial score (nSPS) is 14.2. The van der Waals surface area contributed by atoms with E-state index in [4.69, 9.17) is 16.3 Å². The number of amides is 2. The van der Waals surface area contributed by atoms with E-state index in [0.29, 0.717) is 17.2 Å². The maximum absolute atomic E-state index is 13.8. The number of benzene rings is 3. The zero-order chi connectivity index (χ0) is 27.1. The van der Waals surface area contributed by atoms with E-state index in [1.165, 1.54) is 0 Å². The van der Waals surface area contributed by atoms with Gasteiger partial charge in [0.2, 0.25) is 5.91 Å². The minimum absolute atomic E-state index is 0.126. The van der Waals surface area contributed by atoms with Crippen molar-refractivity contribution in [2.24, 2.45) is 0 Å². The van der Waals surface area contributed by atoms with E-state index in [9.17, 15) is 9.59 Å². The van der Waals surface area contributed by atoms with Gasteiger partial charge >= 0.3 is 0 Å². The molecule has 200 valence electrons. The highest BCUT2D eigenvalue weighted by molar-refractivity contribution is 6.30. The number of ether oxygens (including phenoxy) is 1. The van der Waals surface area contributed by atoms with Crippen LogP contribution in [0.1, 0.15) is 53.5 Å². The fourth-order valence-corrected chi connectivity index (χ4v) is 5.34. The lowest BCUT2D eigenvalue weighted by atomic mass is 10.0. The minimum Gasteiger partial charge on any atom is -0.483 e. The quantitative estimate of drug-likeness (QED) is 0.331. The smallest absolute Gasteiger partial charge is 0.261 e. The first-order valence-corrected chi connectivity index (χ1v) is 13.8. The molecule has 1 aliphatic carbocycles. The van der Waals surface area contributed by atoms with Crippen molar-refractivity contribution in [2.75, 3.05) is 6.61 Å². The van der Waals surface area contributed by atoms with Crippen LogP contribution >= 0.6 is 11.6 Å². The van der Waals surface area contributed by atoms with E-state index in [1.54, 1.807) is 11.0 Å². The highest BCUT2D eigenvalue weighted by atomic mass is 35.5. The lowest BCUT2D eigenvalue weighted by molar-refractivity contribution is -0.143. The molecule has 3 aromatic carbocycles. The van der Waals surface area contributed by atoms with Crippen LogP contribution in [0.5, 0.6) is 5.75 Å². The molecule has 1 atom stereocenters. The van der Waals surface area contributed by atoms with Gasteiger partial charge in [-0.2, -0.15) is 0 Å². The minimum atomic E-state index is -0.687. The summed E-state index contributed by atoms with van der Waals surface area (Å²) >= 11 is 6.27. The van der Waals surface area contributed by atoms with Gasteiger partial charge in [-0.05, 0) is 79.6 Å². The van der Waals surface area contributed by atoms with E-state index in [1.807, 2.05) is 75.4 Å². The average molecular weight is 533 g/mol. The third kappa shape index (κ3) is 7.38. The van der Waals surface area contributed by atoms with Crippen molar-refractivity contribution >= 4 is 23.4 Å². The fraction of sp³-hybridized carbons (Fsp3) is 0.375. The Morgan fingerprint density at radius 1 is 0.974 bits per heavy atom. The van der Waals surface area contributed by atoms with E-state index < -0.39 is 6.04 Å². The number of carbonyl (C=O) groups is 2. The number of carbonyl (C=O) groups excluding carboxylic acids is 2. The van der Waals surface area contributed by atoms with Gasteiger partial charge in [0.25, 0.3) is 5.91 Å². The molecule has 5 nitrogen and oxygen atoms in total. The second-order valence-electron chi connectivity index (χ2n) is 10.3. The molecule has 0 heterocycles. The highest BCUT2D eigenvalue weighted by Gasteiger charge is 2.32. The first-order chi connectivity index (χ1) is 18.3. The van der Waals surface area contributed by atoms with Gasteiger partial charge in [0.05, 0.1) is 0 Å². The van der Waals surface area contributed by atoms with Gasteiger partial charge in [0.1, 0.15) is 11.8 Å². The highest BCUT2D eigenvalue weighted by Crippen LogP contribution is 2.24. The third-order valence-corrected chi connectivity index (χ3v) is 7.56. The number of rotatable bonds is 10. The lowest BCUT2D eigenvalue weighted by Crippen LogP contribution is -2.53. The Labute approximate surface area is 231 Å². The molecule has 2 amide bonds. The van der Waals surface area contributed by atoms with Gasteiger partial charge in [-0.1, -0.05) is 73.0 Å². The number of nitrogens with one attached hydrogen (secondary N) is 1. The van der Waals surface area contributed by atoms with Crippen molar-refractivity contribution in [1.82, 2.24) is 10.2 Å². The van der Waals surface area contributed by atoms with Gasteiger partial charge in [-0.3, -0.25) is 9.59 Å². The Kier molecular flexibility index (Phi) is 9.46. The number of hydrogen-bond donors (Lipinski definition) is 1. The van der Waals surface area contributed by atoms with Gasteiger partial charge < -0.3 is 15.0 Å². The van der Waals surface area contributed by atoms with Crippen molar-refractivity contribution in [3.8, 4) is 5.75 Å². The predicted molar refractivity (Wildman–Crippen MR) is 152 cm³/mol. The van der Waals surface area contributed by atoms with Crippen molar-refractivity contribution < 1.29 is 14.3 Å². The van der Waals surface area contributed by atoms with Crippen LogP contribution in [0.15, 0.2) is 66.7 Å². The van der Waals surface area contributed by atoms with Crippen LogP contribution in [0.25, 0.3) is 0 Å². The topological polar surface area (TPSA) is 58.6 Å². The summed E-state index contributed by atoms with van der Waals surface area (Å²) in [5.41, 5.74) is 5.05. The summed E-state index contributed by atoms with van der Waals surface area (Å²) in [6, 6.07) is 20.8. The molecule has 3 aromatic rings. The molecule has 1 saturated carbocycles. The first kappa shape index (κ1) is 27.7. The maximum atomic E-state index is 13.8. The molecule has 0 spiro atoms. The molecule has 38 heavy (non-hydrogen) atoms. The molecular weight excluding hydrogens is 496 g/mol. The summed E-state index contributed by atoms with van der Waals surface area (Å²) in [5, 5.41) is 3.82. The molecule has 0 radical (unpaired) electrons. The van der Waals surface area contributed by atoms with E-state index in [0.717, 1.165) is 53.5 Å². The molecule has 0 aromatic heterocycles. The summed E-state index contributed by atoms with van der Waals surface area (Å²) in [6.07, 6.45) is 4.58. The Morgan fingerprint density at radius 2 is 1.68 bits per heavy atom. The SMILES string of the molecule is Cc1cc(C)c(C)c(OCC(=O)N(Cc2cccc(Cl)c2)[C@H](Cc2ccccc2)C(=O)NC2CCCC2)c1. The lowest BCUT2D eigenvalue weighted by Gasteiger charge is -2.32. The number of aryl methyl sites for hydroxylation is 2. The molecule has 0 aliphatic heterocycles. The van der Waals surface area contributed by atoms with Crippen LogP contribution in [0.2, 0.25) is 5.02 Å². The summed E-state index contributed by atoms with van der Waals surface area (Å²) in [5.74, 6) is 0.318. The average Bonchev–Trinajstić information content (AvgIpc) is 3.41.